The van der Waals surface area contributed by atoms with Crippen molar-refractivity contribution in [3.63, 3.8) is 0 Å². The second-order valence-corrected chi connectivity index (χ2v) is 13.7. The maximum Gasteiger partial charge on any atom is 0.160 e. The molecule has 0 amide bonds. The molecule has 0 bridgehead atoms. The van der Waals surface area contributed by atoms with Gasteiger partial charge in [0.2, 0.25) is 0 Å². The van der Waals surface area contributed by atoms with Gasteiger partial charge in [-0.3, -0.25) is 0 Å². The smallest absolute Gasteiger partial charge is 0.160 e. The van der Waals surface area contributed by atoms with Gasteiger partial charge in [0.15, 0.2) is 5.82 Å². The Hall–Kier alpha value is -7.16. The number of hydrogen-bond acceptors (Lipinski definition) is 2. The summed E-state index contributed by atoms with van der Waals surface area (Å²) >= 11 is 0. The van der Waals surface area contributed by atoms with E-state index in [1.165, 1.54) is 49.0 Å². The van der Waals surface area contributed by atoms with Crippen LogP contribution in [0.15, 0.2) is 206 Å². The first kappa shape index (κ1) is 31.6. The third-order valence-electron chi connectivity index (χ3n) is 10.5. The highest BCUT2D eigenvalue weighted by Gasteiger charge is 2.16. The predicted octanol–water partition coefficient (Wildman–Crippen LogP) is 13.9. The van der Waals surface area contributed by atoms with Crippen molar-refractivity contribution in [2.45, 2.75) is 0 Å². The summed E-state index contributed by atoms with van der Waals surface area (Å²) in [6.45, 7) is 0. The Kier molecular flexibility index (Phi) is 7.85. The van der Waals surface area contributed by atoms with E-state index >= 15 is 0 Å². The van der Waals surface area contributed by atoms with Crippen LogP contribution in [0.4, 0.5) is 0 Å². The van der Waals surface area contributed by atoms with Gasteiger partial charge in [0, 0.05) is 16.7 Å². The van der Waals surface area contributed by atoms with Crippen molar-refractivity contribution in [2.24, 2.45) is 0 Å². The summed E-state index contributed by atoms with van der Waals surface area (Å²) in [6.07, 6.45) is 0. The number of nitrogens with zero attached hydrogens (tertiary/aromatic N) is 2. The van der Waals surface area contributed by atoms with Crippen molar-refractivity contribution in [3.05, 3.63) is 206 Å². The Morgan fingerprint density at radius 1 is 0.259 bits per heavy atom. The molecule has 1 aromatic heterocycles. The van der Waals surface area contributed by atoms with Crippen molar-refractivity contribution >= 4 is 32.3 Å². The van der Waals surface area contributed by atoms with E-state index in [1.54, 1.807) is 0 Å². The third-order valence-corrected chi connectivity index (χ3v) is 10.5. The van der Waals surface area contributed by atoms with Gasteiger partial charge < -0.3 is 0 Å². The molecule has 0 fully saturated rings. The van der Waals surface area contributed by atoms with E-state index in [0.717, 1.165) is 44.8 Å². The lowest BCUT2D eigenvalue weighted by atomic mass is 9.89. The van der Waals surface area contributed by atoms with E-state index < -0.39 is 0 Å². The average molecular weight is 687 g/mol. The van der Waals surface area contributed by atoms with Gasteiger partial charge in [-0.2, -0.15) is 0 Å². The molecule has 0 spiro atoms. The Labute approximate surface area is 314 Å². The molecule has 0 unspecified atom stereocenters. The molecule has 252 valence electrons. The largest absolute Gasteiger partial charge is 0.228 e. The molecule has 2 heteroatoms. The van der Waals surface area contributed by atoms with Gasteiger partial charge in [-0.05, 0) is 77.8 Å². The molecule has 0 saturated carbocycles. The average Bonchev–Trinajstić information content (AvgIpc) is 3.26. The monoisotopic (exact) mass is 686 g/mol. The SMILES string of the molecule is c1ccc(-c2ccc(-c3cc(-c4ccccc4-c4ccccc4)nc(-c4ccc(-c5c6ccccc6cc6c5ccc5ccccc56)cc4)n3)cc2)cc1. The van der Waals surface area contributed by atoms with Crippen molar-refractivity contribution in [3.8, 4) is 67.3 Å². The summed E-state index contributed by atoms with van der Waals surface area (Å²) in [4.78, 5) is 10.5. The fourth-order valence-electron chi connectivity index (χ4n) is 7.82. The highest BCUT2D eigenvalue weighted by atomic mass is 14.9. The molecule has 0 radical (unpaired) electrons. The Balaban J connectivity index is 1.12. The molecule has 0 N–H and O–H groups in total. The first-order chi connectivity index (χ1) is 26.8. The van der Waals surface area contributed by atoms with E-state index in [0.29, 0.717) is 5.82 Å². The maximum atomic E-state index is 5.28. The first-order valence-corrected chi connectivity index (χ1v) is 18.4. The van der Waals surface area contributed by atoms with Gasteiger partial charge >= 0.3 is 0 Å². The van der Waals surface area contributed by atoms with Gasteiger partial charge in [-0.1, -0.05) is 194 Å². The van der Waals surface area contributed by atoms with E-state index in [1.807, 2.05) is 6.07 Å². The summed E-state index contributed by atoms with van der Waals surface area (Å²) in [5.41, 5.74) is 11.9. The van der Waals surface area contributed by atoms with Crippen LogP contribution < -0.4 is 0 Å². The lowest BCUT2D eigenvalue weighted by Gasteiger charge is -2.15. The second-order valence-electron chi connectivity index (χ2n) is 13.7. The fraction of sp³-hybridized carbons (Fsp3) is 0. The molecule has 54 heavy (non-hydrogen) atoms. The van der Waals surface area contributed by atoms with Crippen molar-refractivity contribution < 1.29 is 0 Å². The summed E-state index contributed by atoms with van der Waals surface area (Å²) in [7, 11) is 0. The van der Waals surface area contributed by atoms with Crippen molar-refractivity contribution in [1.82, 2.24) is 9.97 Å². The maximum absolute atomic E-state index is 5.28. The van der Waals surface area contributed by atoms with Gasteiger partial charge in [-0.15, -0.1) is 0 Å². The van der Waals surface area contributed by atoms with Gasteiger partial charge in [0.25, 0.3) is 0 Å². The van der Waals surface area contributed by atoms with Crippen molar-refractivity contribution in [2.75, 3.05) is 0 Å². The zero-order valence-corrected chi connectivity index (χ0v) is 29.5. The van der Waals surface area contributed by atoms with Crippen LogP contribution in [0.1, 0.15) is 0 Å². The predicted molar refractivity (Wildman–Crippen MR) is 227 cm³/mol. The van der Waals surface area contributed by atoms with Gasteiger partial charge in [0.1, 0.15) is 0 Å². The fourth-order valence-corrected chi connectivity index (χ4v) is 7.82. The molecule has 0 saturated heterocycles. The molecule has 2 nitrogen and oxygen atoms in total. The first-order valence-electron chi connectivity index (χ1n) is 18.4. The summed E-state index contributed by atoms with van der Waals surface area (Å²) in [6, 6.07) is 73.4. The third kappa shape index (κ3) is 5.71. The Morgan fingerprint density at radius 3 is 1.56 bits per heavy atom. The Morgan fingerprint density at radius 2 is 0.796 bits per heavy atom. The number of aromatic nitrogens is 2. The number of rotatable bonds is 6. The molecule has 0 aliphatic heterocycles. The molecule has 10 rings (SSSR count). The van der Waals surface area contributed by atoms with Crippen LogP contribution in [-0.2, 0) is 0 Å². The minimum absolute atomic E-state index is 0.692. The molecule has 9 aromatic carbocycles. The van der Waals surface area contributed by atoms with Gasteiger partial charge in [-0.25, -0.2) is 9.97 Å². The topological polar surface area (TPSA) is 25.8 Å². The van der Waals surface area contributed by atoms with Crippen LogP contribution in [0.2, 0.25) is 0 Å². The van der Waals surface area contributed by atoms with Crippen LogP contribution in [0.25, 0.3) is 99.6 Å². The van der Waals surface area contributed by atoms with Crippen LogP contribution in [0.5, 0.6) is 0 Å². The highest BCUT2D eigenvalue weighted by Crippen LogP contribution is 2.40. The quantitative estimate of drug-likeness (QED) is 0.129. The molecular formula is C52H34N2. The summed E-state index contributed by atoms with van der Waals surface area (Å²) in [5.74, 6) is 0.692. The molecular weight excluding hydrogens is 653 g/mol. The van der Waals surface area contributed by atoms with E-state index in [2.05, 4.69) is 200 Å². The van der Waals surface area contributed by atoms with Crippen LogP contribution in [0.3, 0.4) is 0 Å². The lowest BCUT2D eigenvalue weighted by molar-refractivity contribution is 1.18. The second kappa shape index (κ2) is 13.4. The summed E-state index contributed by atoms with van der Waals surface area (Å²) < 4.78 is 0. The molecule has 0 aliphatic rings. The zero-order chi connectivity index (χ0) is 35.8. The molecule has 1 heterocycles. The number of hydrogen-bond donors (Lipinski definition) is 0. The van der Waals surface area contributed by atoms with E-state index in [9.17, 15) is 0 Å². The van der Waals surface area contributed by atoms with E-state index in [-0.39, 0.29) is 0 Å². The van der Waals surface area contributed by atoms with Crippen LogP contribution in [0, 0.1) is 0 Å². The lowest BCUT2D eigenvalue weighted by Crippen LogP contribution is -1.97. The summed E-state index contributed by atoms with van der Waals surface area (Å²) in [5, 5.41) is 7.50. The minimum Gasteiger partial charge on any atom is -0.228 e. The van der Waals surface area contributed by atoms with Crippen molar-refractivity contribution in [1.29, 1.82) is 0 Å². The minimum atomic E-state index is 0.692. The standard InChI is InChI=1S/C52H34N2/c1-3-13-35(14-4-1)36-23-25-39(26-24-36)49-34-50(46-22-12-11-19-43(46)37-15-5-2-6-16-37)54-52(53-49)41-29-27-40(28-30-41)51-45-21-10-8-18-42(45)33-48-44-20-9-7-17-38(44)31-32-47(48)51/h1-34H. The molecule has 0 aliphatic carbocycles. The number of fused-ring (bicyclic) bond motifs is 4. The van der Waals surface area contributed by atoms with Crippen LogP contribution in [-0.4, -0.2) is 9.97 Å². The zero-order valence-electron chi connectivity index (χ0n) is 29.5. The normalized spacial score (nSPS) is 11.3. The molecule has 0 atom stereocenters. The molecule has 10 aromatic rings. The van der Waals surface area contributed by atoms with Crippen LogP contribution >= 0.6 is 0 Å². The Bertz CT molecular complexity index is 2950. The van der Waals surface area contributed by atoms with Gasteiger partial charge in [0.05, 0.1) is 11.4 Å². The van der Waals surface area contributed by atoms with E-state index in [4.69, 9.17) is 9.97 Å². The number of benzene rings is 9. The highest BCUT2D eigenvalue weighted by molar-refractivity contribution is 6.20.